The van der Waals surface area contributed by atoms with Crippen LogP contribution in [0.3, 0.4) is 0 Å². The molecule has 0 aliphatic rings. The normalized spacial score (nSPS) is 10.4. The summed E-state index contributed by atoms with van der Waals surface area (Å²) in [5, 5.41) is 5.22. The average Bonchev–Trinajstić information content (AvgIpc) is 2.47. The summed E-state index contributed by atoms with van der Waals surface area (Å²) in [5.74, 6) is -4.37. The van der Waals surface area contributed by atoms with Gasteiger partial charge in [-0.1, -0.05) is 22.0 Å². The molecule has 22 heavy (non-hydrogen) atoms. The van der Waals surface area contributed by atoms with Crippen LogP contribution in [0.5, 0.6) is 0 Å². The molecule has 0 bridgehead atoms. The van der Waals surface area contributed by atoms with Gasteiger partial charge in [-0.2, -0.15) is 0 Å². The zero-order chi connectivity index (χ0) is 16.1. The Morgan fingerprint density at radius 2 is 1.86 bits per heavy atom. The van der Waals surface area contributed by atoms with Crippen LogP contribution < -0.4 is 10.6 Å². The van der Waals surface area contributed by atoms with Crippen molar-refractivity contribution in [3.05, 3.63) is 58.3 Å². The number of benzene rings is 2. The third-order valence-electron chi connectivity index (χ3n) is 2.81. The first-order valence-corrected chi connectivity index (χ1v) is 7.19. The summed E-state index contributed by atoms with van der Waals surface area (Å²) in [7, 11) is 0. The molecule has 0 aromatic heterocycles. The molecule has 2 rings (SSSR count). The fourth-order valence-corrected chi connectivity index (χ4v) is 2.16. The molecule has 0 heterocycles. The molecule has 0 aliphatic heterocycles. The Bertz CT molecular complexity index is 694. The Balaban J connectivity index is 1.86. The van der Waals surface area contributed by atoms with Gasteiger partial charge in [-0.25, -0.2) is 13.2 Å². The molecule has 3 nitrogen and oxygen atoms in total. The molecule has 116 valence electrons. The van der Waals surface area contributed by atoms with Gasteiger partial charge < -0.3 is 10.6 Å². The van der Waals surface area contributed by atoms with E-state index in [0.29, 0.717) is 5.69 Å². The smallest absolute Gasteiger partial charge is 0.226 e. The number of carbonyl (C=O) groups is 1. The minimum atomic E-state index is -1.54. The molecule has 0 spiro atoms. The van der Waals surface area contributed by atoms with Crippen LogP contribution in [0.2, 0.25) is 0 Å². The topological polar surface area (TPSA) is 41.1 Å². The molecule has 0 atom stereocenters. The van der Waals surface area contributed by atoms with Gasteiger partial charge in [0.2, 0.25) is 5.91 Å². The molecule has 2 aromatic rings. The van der Waals surface area contributed by atoms with Crippen LogP contribution in [0.25, 0.3) is 0 Å². The van der Waals surface area contributed by atoms with Crippen molar-refractivity contribution in [2.75, 3.05) is 17.2 Å². The highest BCUT2D eigenvalue weighted by Crippen LogP contribution is 2.19. The molecular weight excluding hydrogens is 361 g/mol. The third-order valence-corrected chi connectivity index (χ3v) is 3.30. The largest absolute Gasteiger partial charge is 0.382 e. The van der Waals surface area contributed by atoms with Crippen molar-refractivity contribution in [2.45, 2.75) is 6.42 Å². The average molecular weight is 373 g/mol. The highest BCUT2D eigenvalue weighted by molar-refractivity contribution is 9.10. The first kappa shape index (κ1) is 16.4. The minimum Gasteiger partial charge on any atom is -0.382 e. The van der Waals surface area contributed by atoms with Crippen LogP contribution in [0.4, 0.5) is 24.5 Å². The number of nitrogens with one attached hydrogen (secondary N) is 2. The summed E-state index contributed by atoms with van der Waals surface area (Å²) in [4.78, 5) is 11.7. The van der Waals surface area contributed by atoms with Crippen LogP contribution in [-0.4, -0.2) is 12.5 Å². The second-order valence-corrected chi connectivity index (χ2v) is 5.37. The molecule has 0 saturated heterocycles. The highest BCUT2D eigenvalue weighted by Gasteiger charge is 2.13. The second-order valence-electron chi connectivity index (χ2n) is 4.46. The lowest BCUT2D eigenvalue weighted by atomic mass is 10.2. The molecule has 2 aromatic carbocycles. The molecule has 0 fully saturated rings. The van der Waals surface area contributed by atoms with Crippen LogP contribution in [-0.2, 0) is 4.79 Å². The van der Waals surface area contributed by atoms with E-state index >= 15 is 0 Å². The first-order valence-electron chi connectivity index (χ1n) is 6.40. The van der Waals surface area contributed by atoms with E-state index in [2.05, 4.69) is 26.6 Å². The van der Waals surface area contributed by atoms with Crippen molar-refractivity contribution in [3.63, 3.8) is 0 Å². The molecule has 0 saturated carbocycles. The van der Waals surface area contributed by atoms with Gasteiger partial charge in [-0.15, -0.1) is 0 Å². The van der Waals surface area contributed by atoms with Gasteiger partial charge >= 0.3 is 0 Å². The quantitative estimate of drug-likeness (QED) is 0.768. The minimum absolute atomic E-state index is 0.0466. The number of rotatable bonds is 5. The number of anilines is 2. The van der Waals surface area contributed by atoms with E-state index in [0.717, 1.165) is 16.6 Å². The Labute approximate surface area is 133 Å². The maximum Gasteiger partial charge on any atom is 0.226 e. The molecule has 0 aliphatic carbocycles. The molecule has 1 amide bonds. The van der Waals surface area contributed by atoms with Gasteiger partial charge in [-0.3, -0.25) is 4.79 Å². The Hall–Kier alpha value is -2.02. The lowest BCUT2D eigenvalue weighted by molar-refractivity contribution is -0.115. The van der Waals surface area contributed by atoms with Crippen LogP contribution in [0, 0.1) is 17.5 Å². The number of amides is 1. The Morgan fingerprint density at radius 3 is 2.59 bits per heavy atom. The monoisotopic (exact) mass is 372 g/mol. The van der Waals surface area contributed by atoms with Gasteiger partial charge in [0, 0.05) is 23.1 Å². The number of carbonyl (C=O) groups excluding carboxylic acids is 1. The number of halogens is 4. The lowest BCUT2D eigenvalue weighted by Gasteiger charge is -2.09. The van der Waals surface area contributed by atoms with Crippen LogP contribution in [0.15, 0.2) is 40.9 Å². The van der Waals surface area contributed by atoms with E-state index in [9.17, 15) is 18.0 Å². The molecule has 2 N–H and O–H groups in total. The molecule has 0 radical (unpaired) electrons. The van der Waals surface area contributed by atoms with Crippen molar-refractivity contribution >= 4 is 33.2 Å². The van der Waals surface area contributed by atoms with Crippen LogP contribution >= 0.6 is 15.9 Å². The SMILES string of the molecule is O=C(CCNc1ccc(F)c(F)c1F)Nc1cccc(Br)c1. The molecule has 7 heteroatoms. The zero-order valence-electron chi connectivity index (χ0n) is 11.3. The van der Waals surface area contributed by atoms with E-state index in [4.69, 9.17) is 0 Å². The van der Waals surface area contributed by atoms with Crippen molar-refractivity contribution in [2.24, 2.45) is 0 Å². The van der Waals surface area contributed by atoms with Gasteiger partial charge in [0.25, 0.3) is 0 Å². The highest BCUT2D eigenvalue weighted by atomic mass is 79.9. The summed E-state index contributed by atoms with van der Waals surface area (Å²) >= 11 is 3.28. The fraction of sp³-hybridized carbons (Fsp3) is 0.133. The molecule has 0 unspecified atom stereocenters. The summed E-state index contributed by atoms with van der Waals surface area (Å²) in [5.41, 5.74) is 0.438. The van der Waals surface area contributed by atoms with Gasteiger partial charge in [-0.05, 0) is 30.3 Å². The van der Waals surface area contributed by atoms with Crippen molar-refractivity contribution in [1.29, 1.82) is 0 Å². The predicted molar refractivity (Wildman–Crippen MR) is 82.2 cm³/mol. The third kappa shape index (κ3) is 4.24. The van der Waals surface area contributed by atoms with Crippen molar-refractivity contribution in [1.82, 2.24) is 0 Å². The van der Waals surface area contributed by atoms with Crippen molar-refractivity contribution in [3.8, 4) is 0 Å². The van der Waals surface area contributed by atoms with E-state index in [1.165, 1.54) is 0 Å². The summed E-state index contributed by atoms with van der Waals surface area (Å²) in [6.07, 6.45) is 0.0466. The standard InChI is InChI=1S/C15H12BrF3N2O/c16-9-2-1-3-10(8-9)21-13(22)6-7-20-12-5-4-11(17)14(18)15(12)19/h1-5,8,20H,6-7H2,(H,21,22). The Kier molecular flexibility index (Phi) is 5.43. The molecular formula is C15H12BrF3N2O. The lowest BCUT2D eigenvalue weighted by Crippen LogP contribution is -2.16. The first-order chi connectivity index (χ1) is 10.5. The van der Waals surface area contributed by atoms with Gasteiger partial charge in [0.15, 0.2) is 17.5 Å². The van der Waals surface area contributed by atoms with Crippen molar-refractivity contribution < 1.29 is 18.0 Å². The summed E-state index contributed by atoms with van der Waals surface area (Å²) < 4.78 is 40.0. The summed E-state index contributed by atoms with van der Waals surface area (Å²) in [6, 6.07) is 8.96. The zero-order valence-corrected chi connectivity index (χ0v) is 12.9. The summed E-state index contributed by atoms with van der Waals surface area (Å²) in [6.45, 7) is 0.0851. The number of hydrogen-bond acceptors (Lipinski definition) is 2. The maximum absolute atomic E-state index is 13.4. The van der Waals surface area contributed by atoms with Crippen LogP contribution in [0.1, 0.15) is 6.42 Å². The van der Waals surface area contributed by atoms with E-state index < -0.39 is 17.5 Å². The van der Waals surface area contributed by atoms with Gasteiger partial charge in [0.1, 0.15) is 0 Å². The second kappa shape index (κ2) is 7.31. The van der Waals surface area contributed by atoms with E-state index in [-0.39, 0.29) is 24.6 Å². The van der Waals surface area contributed by atoms with E-state index in [1.54, 1.807) is 18.2 Å². The Morgan fingerprint density at radius 1 is 1.09 bits per heavy atom. The van der Waals surface area contributed by atoms with E-state index in [1.807, 2.05) is 6.07 Å². The maximum atomic E-state index is 13.4. The predicted octanol–water partition coefficient (Wildman–Crippen LogP) is 4.31. The van der Waals surface area contributed by atoms with Gasteiger partial charge in [0.05, 0.1) is 5.69 Å². The number of hydrogen-bond donors (Lipinski definition) is 2. The fourth-order valence-electron chi connectivity index (χ4n) is 1.76.